The lowest BCUT2D eigenvalue weighted by Crippen LogP contribution is -2.07. The fourth-order valence-corrected chi connectivity index (χ4v) is 1.85. The molecule has 20 heavy (non-hydrogen) atoms. The van der Waals surface area contributed by atoms with Crippen LogP contribution in [0.2, 0.25) is 0 Å². The molecular formula is C13H8F3N3O. The number of aromatic nitrogens is 3. The molecule has 102 valence electrons. The third-order valence-electron chi connectivity index (χ3n) is 2.78. The number of benzene rings is 1. The normalized spacial score (nSPS) is 11.9. The van der Waals surface area contributed by atoms with E-state index >= 15 is 0 Å². The van der Waals surface area contributed by atoms with Crippen molar-refractivity contribution >= 4 is 10.9 Å². The van der Waals surface area contributed by atoms with Gasteiger partial charge in [-0.2, -0.15) is 23.0 Å². The fraction of sp³-hybridized carbons (Fsp3) is 0.0769. The maximum atomic E-state index is 12.5. The number of halogens is 3. The molecule has 0 atom stereocenters. The van der Waals surface area contributed by atoms with Crippen molar-refractivity contribution in [3.05, 3.63) is 48.2 Å². The number of nitrogens with zero attached hydrogens (tertiary/aromatic N) is 3. The van der Waals surface area contributed by atoms with Crippen LogP contribution in [0.1, 0.15) is 5.69 Å². The van der Waals surface area contributed by atoms with E-state index in [1.54, 1.807) is 18.2 Å². The van der Waals surface area contributed by atoms with E-state index < -0.39 is 17.8 Å². The zero-order chi connectivity index (χ0) is 14.3. The Morgan fingerprint density at radius 2 is 1.80 bits per heavy atom. The minimum absolute atomic E-state index is 0.122. The smallest absolute Gasteiger partial charge is 0.435 e. The van der Waals surface area contributed by atoms with Crippen LogP contribution in [0.25, 0.3) is 16.7 Å². The number of aromatic hydroxyl groups is 1. The molecule has 2 aromatic heterocycles. The molecule has 0 saturated heterocycles. The first-order valence-corrected chi connectivity index (χ1v) is 5.67. The third-order valence-corrected chi connectivity index (χ3v) is 2.78. The van der Waals surface area contributed by atoms with Gasteiger partial charge in [-0.25, -0.2) is 4.98 Å². The van der Waals surface area contributed by atoms with Crippen LogP contribution in [0.4, 0.5) is 13.2 Å². The van der Waals surface area contributed by atoms with E-state index in [0.717, 1.165) is 10.1 Å². The van der Waals surface area contributed by atoms with Crippen molar-refractivity contribution in [1.82, 2.24) is 14.8 Å². The molecule has 0 aliphatic heterocycles. The van der Waals surface area contributed by atoms with Gasteiger partial charge in [0.05, 0.1) is 5.52 Å². The summed E-state index contributed by atoms with van der Waals surface area (Å²) in [4.78, 5) is 4.17. The molecule has 1 aromatic carbocycles. The second kappa shape index (κ2) is 4.22. The summed E-state index contributed by atoms with van der Waals surface area (Å²) in [6, 6.07) is 10.9. The third kappa shape index (κ3) is 2.07. The van der Waals surface area contributed by atoms with E-state index in [-0.39, 0.29) is 5.82 Å². The Bertz CT molecular complexity index is 780. The van der Waals surface area contributed by atoms with Crippen LogP contribution in [0.3, 0.4) is 0 Å². The van der Waals surface area contributed by atoms with Gasteiger partial charge in [0.25, 0.3) is 0 Å². The Hall–Kier alpha value is -2.57. The molecule has 3 aromatic rings. The second-order valence-electron chi connectivity index (χ2n) is 4.16. The van der Waals surface area contributed by atoms with Gasteiger partial charge >= 0.3 is 6.18 Å². The molecule has 7 heteroatoms. The second-order valence-corrected chi connectivity index (χ2v) is 4.16. The van der Waals surface area contributed by atoms with Crippen molar-refractivity contribution in [2.75, 3.05) is 0 Å². The highest BCUT2D eigenvalue weighted by molar-refractivity contribution is 5.79. The first-order chi connectivity index (χ1) is 9.45. The number of hydrogen-bond acceptors (Lipinski definition) is 3. The predicted molar refractivity (Wildman–Crippen MR) is 65.5 cm³/mol. The van der Waals surface area contributed by atoms with Gasteiger partial charge in [-0.3, -0.25) is 0 Å². The number of hydrogen-bond donors (Lipinski definition) is 1. The molecule has 2 heterocycles. The molecule has 3 rings (SSSR count). The monoisotopic (exact) mass is 279 g/mol. The molecule has 0 aliphatic carbocycles. The number of rotatable bonds is 1. The average molecular weight is 279 g/mol. The Balaban J connectivity index is 2.13. The SMILES string of the molecule is Oc1cc(C(F)(F)F)nn1-c1ccc2ccccc2n1. The van der Waals surface area contributed by atoms with Gasteiger partial charge in [-0.1, -0.05) is 18.2 Å². The molecule has 0 bridgehead atoms. The maximum Gasteiger partial charge on any atom is 0.435 e. The van der Waals surface area contributed by atoms with Crippen molar-refractivity contribution in [3.63, 3.8) is 0 Å². The maximum absolute atomic E-state index is 12.5. The number of para-hydroxylation sites is 1. The van der Waals surface area contributed by atoms with Gasteiger partial charge in [0.1, 0.15) is 0 Å². The van der Waals surface area contributed by atoms with Crippen LogP contribution >= 0.6 is 0 Å². The standard InChI is InChI=1S/C13H8F3N3O/c14-13(15,16)10-7-12(20)19(18-10)11-6-5-8-3-1-2-4-9(8)17-11/h1-7,20H. The zero-order valence-corrected chi connectivity index (χ0v) is 9.96. The number of alkyl halides is 3. The predicted octanol–water partition coefficient (Wildman–Crippen LogP) is 3.14. The summed E-state index contributed by atoms with van der Waals surface area (Å²) in [7, 11) is 0. The molecule has 0 spiro atoms. The summed E-state index contributed by atoms with van der Waals surface area (Å²) >= 11 is 0. The zero-order valence-electron chi connectivity index (χ0n) is 9.96. The first kappa shape index (κ1) is 12.5. The molecule has 0 saturated carbocycles. The highest BCUT2D eigenvalue weighted by Gasteiger charge is 2.35. The summed E-state index contributed by atoms with van der Waals surface area (Å²) in [6.07, 6.45) is -4.61. The lowest BCUT2D eigenvalue weighted by molar-refractivity contribution is -0.141. The van der Waals surface area contributed by atoms with E-state index in [0.29, 0.717) is 11.6 Å². The fourth-order valence-electron chi connectivity index (χ4n) is 1.85. The van der Waals surface area contributed by atoms with Gasteiger partial charge in [0, 0.05) is 11.5 Å². The van der Waals surface area contributed by atoms with Crippen LogP contribution < -0.4 is 0 Å². The van der Waals surface area contributed by atoms with Crippen molar-refractivity contribution < 1.29 is 18.3 Å². The minimum Gasteiger partial charge on any atom is -0.493 e. The summed E-state index contributed by atoms with van der Waals surface area (Å²) in [5, 5.41) is 13.8. The Kier molecular flexibility index (Phi) is 2.63. The van der Waals surface area contributed by atoms with Crippen LogP contribution in [0.5, 0.6) is 5.88 Å². The van der Waals surface area contributed by atoms with Gasteiger partial charge in [0.2, 0.25) is 5.88 Å². The van der Waals surface area contributed by atoms with Gasteiger partial charge in [0.15, 0.2) is 11.5 Å². The molecular weight excluding hydrogens is 271 g/mol. The van der Waals surface area contributed by atoms with Crippen LogP contribution in [-0.4, -0.2) is 19.9 Å². The van der Waals surface area contributed by atoms with E-state index in [2.05, 4.69) is 10.1 Å². The van der Waals surface area contributed by atoms with Crippen molar-refractivity contribution in [1.29, 1.82) is 0 Å². The van der Waals surface area contributed by atoms with E-state index in [1.165, 1.54) is 6.07 Å². The molecule has 0 unspecified atom stereocenters. The number of fused-ring (bicyclic) bond motifs is 1. The molecule has 0 fully saturated rings. The molecule has 4 nitrogen and oxygen atoms in total. The Morgan fingerprint density at radius 3 is 2.50 bits per heavy atom. The van der Waals surface area contributed by atoms with E-state index in [9.17, 15) is 18.3 Å². The van der Waals surface area contributed by atoms with Crippen LogP contribution in [0, 0.1) is 0 Å². The van der Waals surface area contributed by atoms with Crippen molar-refractivity contribution in [2.45, 2.75) is 6.18 Å². The van der Waals surface area contributed by atoms with E-state index in [4.69, 9.17) is 0 Å². The van der Waals surface area contributed by atoms with Gasteiger partial charge < -0.3 is 5.11 Å². The van der Waals surface area contributed by atoms with Gasteiger partial charge in [-0.05, 0) is 18.2 Å². The lowest BCUT2D eigenvalue weighted by Gasteiger charge is -2.04. The van der Waals surface area contributed by atoms with Crippen molar-refractivity contribution in [3.8, 4) is 11.7 Å². The molecule has 1 N–H and O–H groups in total. The Morgan fingerprint density at radius 1 is 1.05 bits per heavy atom. The highest BCUT2D eigenvalue weighted by atomic mass is 19.4. The van der Waals surface area contributed by atoms with E-state index in [1.807, 2.05) is 12.1 Å². The quantitative estimate of drug-likeness (QED) is 0.744. The molecule has 0 aliphatic rings. The summed E-state index contributed by atoms with van der Waals surface area (Å²) in [5.41, 5.74) is -0.557. The summed E-state index contributed by atoms with van der Waals surface area (Å²) in [6.45, 7) is 0. The van der Waals surface area contributed by atoms with Crippen LogP contribution in [-0.2, 0) is 6.18 Å². The Labute approximate surface area is 111 Å². The summed E-state index contributed by atoms with van der Waals surface area (Å²) in [5.74, 6) is -0.489. The summed E-state index contributed by atoms with van der Waals surface area (Å²) < 4.78 is 38.4. The largest absolute Gasteiger partial charge is 0.493 e. The lowest BCUT2D eigenvalue weighted by atomic mass is 10.2. The highest BCUT2D eigenvalue weighted by Crippen LogP contribution is 2.31. The average Bonchev–Trinajstić information content (AvgIpc) is 2.80. The van der Waals surface area contributed by atoms with Gasteiger partial charge in [-0.15, -0.1) is 0 Å². The minimum atomic E-state index is -4.61. The first-order valence-electron chi connectivity index (χ1n) is 5.67. The van der Waals surface area contributed by atoms with Crippen LogP contribution in [0.15, 0.2) is 42.5 Å². The number of pyridine rings is 1. The molecule has 0 radical (unpaired) electrons. The topological polar surface area (TPSA) is 50.9 Å². The molecule has 0 amide bonds. The van der Waals surface area contributed by atoms with Crippen molar-refractivity contribution in [2.24, 2.45) is 0 Å².